The highest BCUT2D eigenvalue weighted by Gasteiger charge is 2.03. The zero-order chi connectivity index (χ0) is 13.9. The van der Waals surface area contributed by atoms with Crippen molar-refractivity contribution in [3.63, 3.8) is 0 Å². The van der Waals surface area contributed by atoms with Crippen molar-refractivity contribution in [2.45, 2.75) is 0 Å². The molecule has 0 aliphatic rings. The van der Waals surface area contributed by atoms with Crippen molar-refractivity contribution >= 4 is 11.7 Å². The van der Waals surface area contributed by atoms with Crippen molar-refractivity contribution in [3.05, 3.63) is 23.9 Å². The highest BCUT2D eigenvalue weighted by molar-refractivity contribution is 5.90. The Morgan fingerprint density at radius 1 is 1.53 bits per heavy atom. The lowest BCUT2D eigenvalue weighted by Crippen LogP contribution is -2.20. The summed E-state index contributed by atoms with van der Waals surface area (Å²) in [5, 5.41) is 11.2. The number of nitrogens with zero attached hydrogens (tertiary/aromatic N) is 1. The van der Waals surface area contributed by atoms with Crippen LogP contribution < -0.4 is 5.32 Å². The molecule has 1 heterocycles. The van der Waals surface area contributed by atoms with Gasteiger partial charge in [0.2, 0.25) is 0 Å². The van der Waals surface area contributed by atoms with Gasteiger partial charge in [-0.1, -0.05) is 11.8 Å². The summed E-state index contributed by atoms with van der Waals surface area (Å²) in [4.78, 5) is 15.5. The molecule has 1 rings (SSSR count). The van der Waals surface area contributed by atoms with Crippen molar-refractivity contribution < 1.29 is 19.4 Å². The second-order valence-electron chi connectivity index (χ2n) is 3.48. The van der Waals surface area contributed by atoms with Crippen LogP contribution >= 0.6 is 0 Å². The molecule has 0 aliphatic heterocycles. The number of rotatable bonds is 6. The van der Waals surface area contributed by atoms with E-state index in [1.807, 2.05) is 0 Å². The molecule has 6 heteroatoms. The maximum Gasteiger partial charge on any atom is 0.251 e. The molecule has 6 nitrogen and oxygen atoms in total. The van der Waals surface area contributed by atoms with E-state index < -0.39 is 0 Å². The van der Waals surface area contributed by atoms with Crippen LogP contribution in [0.5, 0.6) is 0 Å². The monoisotopic (exact) mass is 264 g/mol. The van der Waals surface area contributed by atoms with Crippen molar-refractivity contribution in [3.8, 4) is 11.8 Å². The smallest absolute Gasteiger partial charge is 0.251 e. The van der Waals surface area contributed by atoms with Crippen LogP contribution in [0, 0.1) is 11.8 Å². The van der Waals surface area contributed by atoms with E-state index in [4.69, 9.17) is 14.6 Å². The number of hydrogen-bond donors (Lipinski definition) is 2. The van der Waals surface area contributed by atoms with Gasteiger partial charge < -0.3 is 19.9 Å². The molecule has 102 valence electrons. The maximum atomic E-state index is 11.5. The van der Waals surface area contributed by atoms with E-state index in [2.05, 4.69) is 22.1 Å². The van der Waals surface area contributed by atoms with Crippen LogP contribution in [0.3, 0.4) is 0 Å². The number of carbonyl (C=O) groups is 1. The van der Waals surface area contributed by atoms with E-state index in [-0.39, 0.29) is 19.1 Å². The van der Waals surface area contributed by atoms with Crippen LogP contribution in [0.2, 0.25) is 0 Å². The van der Waals surface area contributed by atoms with Crippen LogP contribution in [-0.2, 0) is 14.3 Å². The zero-order valence-corrected chi connectivity index (χ0v) is 10.7. The molecule has 0 fully saturated rings. The number of aromatic nitrogens is 1. The molecule has 2 N–H and O–H groups in total. The van der Waals surface area contributed by atoms with Gasteiger partial charge >= 0.3 is 0 Å². The molecular formula is C13H16N2O4. The van der Waals surface area contributed by atoms with Gasteiger partial charge in [0, 0.05) is 18.9 Å². The number of ether oxygens (including phenoxy) is 2. The summed E-state index contributed by atoms with van der Waals surface area (Å²) in [6, 6.07) is 3.31. The quantitative estimate of drug-likeness (QED) is 0.559. The standard InChI is InChI=1S/C13H16N2O4/c1-18-7-8-19-10-13(17)15-12-9-11(3-2-6-16)4-5-14-12/h4-5,9,16H,6-8,10H2,1H3,(H,14,15,17). The molecule has 0 atom stereocenters. The van der Waals surface area contributed by atoms with Gasteiger partial charge in [0.15, 0.2) is 0 Å². The Morgan fingerprint density at radius 2 is 2.37 bits per heavy atom. The molecule has 1 aromatic rings. The second-order valence-corrected chi connectivity index (χ2v) is 3.48. The molecular weight excluding hydrogens is 248 g/mol. The Bertz CT molecular complexity index is 465. The number of anilines is 1. The second kappa shape index (κ2) is 9.05. The van der Waals surface area contributed by atoms with Crippen molar-refractivity contribution in [2.75, 3.05) is 38.9 Å². The first kappa shape index (κ1) is 15.1. The summed E-state index contributed by atoms with van der Waals surface area (Å²) in [6.45, 7) is 0.534. The highest BCUT2D eigenvalue weighted by Crippen LogP contribution is 2.05. The summed E-state index contributed by atoms with van der Waals surface area (Å²) >= 11 is 0. The van der Waals surface area contributed by atoms with Crippen molar-refractivity contribution in [1.29, 1.82) is 0 Å². The molecule has 0 spiro atoms. The normalized spacial score (nSPS) is 9.58. The fourth-order valence-electron chi connectivity index (χ4n) is 1.20. The number of aliphatic hydroxyl groups is 1. The first-order chi connectivity index (χ1) is 9.26. The maximum absolute atomic E-state index is 11.5. The summed E-state index contributed by atoms with van der Waals surface area (Å²) in [5.74, 6) is 5.35. The molecule has 0 aromatic carbocycles. The molecule has 1 aromatic heterocycles. The van der Waals surface area contributed by atoms with E-state index in [9.17, 15) is 4.79 Å². The van der Waals surface area contributed by atoms with Gasteiger partial charge in [0.1, 0.15) is 19.0 Å². The number of aliphatic hydroxyl groups excluding tert-OH is 1. The molecule has 0 saturated heterocycles. The van der Waals surface area contributed by atoms with E-state index in [0.717, 1.165) is 0 Å². The minimum atomic E-state index is -0.295. The average molecular weight is 264 g/mol. The van der Waals surface area contributed by atoms with Crippen LogP contribution in [0.25, 0.3) is 0 Å². The summed E-state index contributed by atoms with van der Waals surface area (Å²) in [5.41, 5.74) is 0.666. The Morgan fingerprint density at radius 3 is 3.11 bits per heavy atom. The van der Waals surface area contributed by atoms with Crippen LogP contribution in [0.4, 0.5) is 5.82 Å². The van der Waals surface area contributed by atoms with E-state index in [1.165, 1.54) is 6.20 Å². The molecule has 0 bridgehead atoms. The molecule has 1 amide bonds. The third kappa shape index (κ3) is 6.52. The number of methoxy groups -OCH3 is 1. The number of hydrogen-bond acceptors (Lipinski definition) is 5. The van der Waals surface area contributed by atoms with Gasteiger partial charge in [-0.15, -0.1) is 0 Å². The topological polar surface area (TPSA) is 80.7 Å². The predicted octanol–water partition coefficient (Wildman–Crippen LogP) is 0.0269. The Balaban J connectivity index is 2.45. The van der Waals surface area contributed by atoms with Gasteiger partial charge in [-0.3, -0.25) is 4.79 Å². The van der Waals surface area contributed by atoms with Gasteiger partial charge in [-0.05, 0) is 12.1 Å². The predicted molar refractivity (Wildman–Crippen MR) is 69.5 cm³/mol. The van der Waals surface area contributed by atoms with Gasteiger partial charge in [0.05, 0.1) is 13.2 Å². The highest BCUT2D eigenvalue weighted by atomic mass is 16.5. The average Bonchev–Trinajstić information content (AvgIpc) is 2.42. The fourth-order valence-corrected chi connectivity index (χ4v) is 1.20. The first-order valence-corrected chi connectivity index (χ1v) is 5.68. The van der Waals surface area contributed by atoms with Gasteiger partial charge in [-0.2, -0.15) is 0 Å². The largest absolute Gasteiger partial charge is 0.384 e. The SMILES string of the molecule is COCCOCC(=O)Nc1cc(C#CCO)ccn1. The molecule has 0 unspecified atom stereocenters. The van der Waals surface area contributed by atoms with Crippen molar-refractivity contribution in [2.24, 2.45) is 0 Å². The Hall–Kier alpha value is -1.94. The molecule has 0 aliphatic carbocycles. The van der Waals surface area contributed by atoms with Crippen LogP contribution in [0.1, 0.15) is 5.56 Å². The Labute approximate surface area is 111 Å². The minimum absolute atomic E-state index is 0.0580. The lowest BCUT2D eigenvalue weighted by molar-refractivity contribution is -0.121. The first-order valence-electron chi connectivity index (χ1n) is 5.68. The third-order valence-electron chi connectivity index (χ3n) is 2.00. The Kier molecular flexibility index (Phi) is 7.20. The molecule has 0 saturated carbocycles. The zero-order valence-electron chi connectivity index (χ0n) is 10.7. The fraction of sp³-hybridized carbons (Fsp3) is 0.385. The lowest BCUT2D eigenvalue weighted by atomic mass is 10.2. The number of amides is 1. The summed E-state index contributed by atoms with van der Waals surface area (Å²) in [6.07, 6.45) is 1.53. The lowest BCUT2D eigenvalue weighted by Gasteiger charge is -2.05. The third-order valence-corrected chi connectivity index (χ3v) is 2.00. The van der Waals surface area contributed by atoms with E-state index >= 15 is 0 Å². The molecule has 0 radical (unpaired) electrons. The number of nitrogens with one attached hydrogen (secondary N) is 1. The number of carbonyl (C=O) groups excluding carboxylic acids is 1. The van der Waals surface area contributed by atoms with Crippen LogP contribution in [-0.4, -0.2) is 49.5 Å². The van der Waals surface area contributed by atoms with Gasteiger partial charge in [0.25, 0.3) is 5.91 Å². The minimum Gasteiger partial charge on any atom is -0.384 e. The number of pyridine rings is 1. The van der Waals surface area contributed by atoms with Crippen LogP contribution in [0.15, 0.2) is 18.3 Å². The van der Waals surface area contributed by atoms with E-state index in [0.29, 0.717) is 24.6 Å². The van der Waals surface area contributed by atoms with E-state index in [1.54, 1.807) is 19.2 Å². The summed E-state index contributed by atoms with van der Waals surface area (Å²) in [7, 11) is 1.56. The molecule has 19 heavy (non-hydrogen) atoms. The van der Waals surface area contributed by atoms with Crippen molar-refractivity contribution in [1.82, 2.24) is 4.98 Å². The van der Waals surface area contributed by atoms with Gasteiger partial charge in [-0.25, -0.2) is 4.98 Å². The summed E-state index contributed by atoms with van der Waals surface area (Å²) < 4.78 is 9.87.